The van der Waals surface area contributed by atoms with E-state index in [2.05, 4.69) is 22.1 Å². The molecule has 0 bridgehead atoms. The molecular formula is C16H19F2N3. The van der Waals surface area contributed by atoms with Gasteiger partial charge in [0, 0.05) is 31.9 Å². The van der Waals surface area contributed by atoms with Crippen molar-refractivity contribution in [3.05, 3.63) is 35.5 Å². The van der Waals surface area contributed by atoms with Crippen molar-refractivity contribution in [1.29, 1.82) is 0 Å². The van der Waals surface area contributed by atoms with Crippen molar-refractivity contribution in [2.24, 2.45) is 0 Å². The Morgan fingerprint density at radius 2 is 1.90 bits per heavy atom. The maximum Gasteiger partial charge on any atom is 0.149 e. The molecular weight excluding hydrogens is 272 g/mol. The van der Waals surface area contributed by atoms with Gasteiger partial charge in [0.2, 0.25) is 0 Å². The predicted molar refractivity (Wildman–Crippen MR) is 80.7 cm³/mol. The Morgan fingerprint density at radius 3 is 2.62 bits per heavy atom. The molecule has 1 N–H and O–H groups in total. The Balaban J connectivity index is 2.21. The second-order valence-electron chi connectivity index (χ2n) is 5.37. The lowest BCUT2D eigenvalue weighted by Gasteiger charge is -2.30. The highest BCUT2D eigenvalue weighted by Gasteiger charge is 2.19. The second-order valence-corrected chi connectivity index (χ2v) is 5.37. The van der Waals surface area contributed by atoms with Gasteiger partial charge in [-0.25, -0.2) is 13.8 Å². The molecule has 1 saturated heterocycles. The molecule has 0 aliphatic carbocycles. The summed E-state index contributed by atoms with van der Waals surface area (Å²) in [4.78, 5) is 6.44. The average Bonchev–Trinajstić information content (AvgIpc) is 2.51. The number of halogens is 2. The first-order chi connectivity index (χ1) is 10.2. The van der Waals surface area contributed by atoms with E-state index in [0.717, 1.165) is 56.5 Å². The summed E-state index contributed by atoms with van der Waals surface area (Å²) in [5, 5.41) is 3.58. The molecule has 2 aromatic rings. The summed E-state index contributed by atoms with van der Waals surface area (Å²) >= 11 is 0. The van der Waals surface area contributed by atoms with Crippen LogP contribution in [-0.2, 0) is 6.42 Å². The SMILES string of the molecule is CCCc1cc(N2CCNCC2)c2c(F)ccc(F)c2n1. The van der Waals surface area contributed by atoms with Gasteiger partial charge in [0.25, 0.3) is 0 Å². The Labute approximate surface area is 123 Å². The summed E-state index contributed by atoms with van der Waals surface area (Å²) in [6, 6.07) is 4.26. The van der Waals surface area contributed by atoms with Gasteiger partial charge in [-0.2, -0.15) is 0 Å². The highest BCUT2D eigenvalue weighted by atomic mass is 19.1. The summed E-state index contributed by atoms with van der Waals surface area (Å²) in [5.74, 6) is -0.865. The fourth-order valence-corrected chi connectivity index (χ4v) is 2.84. The smallest absolute Gasteiger partial charge is 0.149 e. The third kappa shape index (κ3) is 2.70. The lowest BCUT2D eigenvalue weighted by molar-refractivity contribution is 0.586. The monoisotopic (exact) mass is 291 g/mol. The molecule has 1 aliphatic heterocycles. The maximum absolute atomic E-state index is 14.3. The maximum atomic E-state index is 14.3. The first kappa shape index (κ1) is 14.2. The summed E-state index contributed by atoms with van der Waals surface area (Å²) in [5.41, 5.74) is 1.74. The molecule has 0 saturated carbocycles. The molecule has 3 nitrogen and oxygen atoms in total. The molecule has 1 aromatic carbocycles. The molecule has 0 spiro atoms. The number of hydrogen-bond acceptors (Lipinski definition) is 3. The first-order valence-electron chi connectivity index (χ1n) is 7.44. The fraction of sp³-hybridized carbons (Fsp3) is 0.438. The molecule has 5 heteroatoms. The summed E-state index contributed by atoms with van der Waals surface area (Å²) < 4.78 is 28.3. The van der Waals surface area contributed by atoms with Crippen LogP contribution in [0.25, 0.3) is 10.9 Å². The van der Waals surface area contributed by atoms with Crippen molar-refractivity contribution in [3.8, 4) is 0 Å². The van der Waals surface area contributed by atoms with E-state index in [0.29, 0.717) is 5.39 Å². The van der Waals surface area contributed by atoms with Gasteiger partial charge in [0.1, 0.15) is 17.2 Å². The molecule has 1 aliphatic rings. The van der Waals surface area contributed by atoms with E-state index in [-0.39, 0.29) is 5.52 Å². The zero-order chi connectivity index (χ0) is 14.8. The lowest BCUT2D eigenvalue weighted by atomic mass is 10.1. The van der Waals surface area contributed by atoms with E-state index in [4.69, 9.17) is 0 Å². The van der Waals surface area contributed by atoms with Crippen LogP contribution in [0.2, 0.25) is 0 Å². The Morgan fingerprint density at radius 1 is 1.19 bits per heavy atom. The van der Waals surface area contributed by atoms with Crippen LogP contribution in [0, 0.1) is 11.6 Å². The molecule has 0 radical (unpaired) electrons. The number of fused-ring (bicyclic) bond motifs is 1. The van der Waals surface area contributed by atoms with Crippen molar-refractivity contribution in [3.63, 3.8) is 0 Å². The fourth-order valence-electron chi connectivity index (χ4n) is 2.84. The zero-order valence-electron chi connectivity index (χ0n) is 12.1. The number of anilines is 1. The Bertz CT molecular complexity index is 652. The molecule has 0 unspecified atom stereocenters. The molecule has 2 heterocycles. The van der Waals surface area contributed by atoms with Crippen molar-refractivity contribution >= 4 is 16.6 Å². The van der Waals surface area contributed by atoms with Crippen molar-refractivity contribution in [1.82, 2.24) is 10.3 Å². The van der Waals surface area contributed by atoms with Gasteiger partial charge in [-0.1, -0.05) is 13.3 Å². The van der Waals surface area contributed by atoms with E-state index < -0.39 is 11.6 Å². The number of nitrogens with zero attached hydrogens (tertiary/aromatic N) is 2. The van der Waals surface area contributed by atoms with Crippen LogP contribution < -0.4 is 10.2 Å². The average molecular weight is 291 g/mol. The molecule has 112 valence electrons. The molecule has 0 atom stereocenters. The van der Waals surface area contributed by atoms with Crippen LogP contribution >= 0.6 is 0 Å². The van der Waals surface area contributed by atoms with Gasteiger partial charge in [-0.3, -0.25) is 0 Å². The minimum atomic E-state index is -0.458. The topological polar surface area (TPSA) is 28.2 Å². The molecule has 1 aromatic heterocycles. The van der Waals surface area contributed by atoms with Gasteiger partial charge in [-0.05, 0) is 24.6 Å². The number of hydrogen-bond donors (Lipinski definition) is 1. The number of rotatable bonds is 3. The molecule has 1 fully saturated rings. The van der Waals surface area contributed by atoms with E-state index >= 15 is 0 Å². The first-order valence-corrected chi connectivity index (χ1v) is 7.44. The Kier molecular flexibility index (Phi) is 4.01. The highest BCUT2D eigenvalue weighted by molar-refractivity contribution is 5.93. The molecule has 0 amide bonds. The summed E-state index contributed by atoms with van der Waals surface area (Å²) in [7, 11) is 0. The van der Waals surface area contributed by atoms with Gasteiger partial charge < -0.3 is 10.2 Å². The van der Waals surface area contributed by atoms with E-state index in [9.17, 15) is 8.78 Å². The number of pyridine rings is 1. The lowest BCUT2D eigenvalue weighted by Crippen LogP contribution is -2.43. The van der Waals surface area contributed by atoms with Crippen molar-refractivity contribution in [2.45, 2.75) is 19.8 Å². The minimum Gasteiger partial charge on any atom is -0.368 e. The second kappa shape index (κ2) is 5.93. The largest absolute Gasteiger partial charge is 0.368 e. The van der Waals surface area contributed by atoms with E-state index in [1.54, 1.807) is 0 Å². The van der Waals surface area contributed by atoms with Crippen LogP contribution in [-0.4, -0.2) is 31.2 Å². The Hall–Kier alpha value is -1.75. The number of benzene rings is 1. The normalized spacial score (nSPS) is 15.7. The zero-order valence-corrected chi connectivity index (χ0v) is 12.1. The van der Waals surface area contributed by atoms with Crippen LogP contribution in [0.3, 0.4) is 0 Å². The predicted octanol–water partition coefficient (Wildman–Crippen LogP) is 2.88. The van der Waals surface area contributed by atoms with Crippen LogP contribution in [0.15, 0.2) is 18.2 Å². The standard InChI is InChI=1S/C16H19F2N3/c1-2-3-11-10-14(21-8-6-19-7-9-21)15-12(17)4-5-13(18)16(15)20-11/h4-5,10,19H,2-3,6-9H2,1H3. The summed E-state index contributed by atoms with van der Waals surface area (Å²) in [6.07, 6.45) is 1.70. The van der Waals surface area contributed by atoms with Gasteiger partial charge in [0.15, 0.2) is 0 Å². The van der Waals surface area contributed by atoms with Crippen LogP contribution in [0.1, 0.15) is 19.0 Å². The quantitative estimate of drug-likeness (QED) is 0.942. The van der Waals surface area contributed by atoms with Crippen LogP contribution in [0.5, 0.6) is 0 Å². The molecule has 3 rings (SSSR count). The third-order valence-corrected chi connectivity index (χ3v) is 3.86. The molecule has 21 heavy (non-hydrogen) atoms. The number of piperazine rings is 1. The van der Waals surface area contributed by atoms with Gasteiger partial charge in [0.05, 0.1) is 11.1 Å². The van der Waals surface area contributed by atoms with E-state index in [1.807, 2.05) is 6.07 Å². The number of nitrogens with one attached hydrogen (secondary N) is 1. The number of aryl methyl sites for hydroxylation is 1. The van der Waals surface area contributed by atoms with Crippen molar-refractivity contribution < 1.29 is 8.78 Å². The third-order valence-electron chi connectivity index (χ3n) is 3.86. The highest BCUT2D eigenvalue weighted by Crippen LogP contribution is 2.31. The summed E-state index contributed by atoms with van der Waals surface area (Å²) in [6.45, 7) is 5.34. The van der Waals surface area contributed by atoms with Crippen LogP contribution in [0.4, 0.5) is 14.5 Å². The minimum absolute atomic E-state index is 0.148. The van der Waals surface area contributed by atoms with Gasteiger partial charge >= 0.3 is 0 Å². The van der Waals surface area contributed by atoms with Crippen molar-refractivity contribution in [2.75, 3.05) is 31.1 Å². The number of aromatic nitrogens is 1. The van der Waals surface area contributed by atoms with E-state index in [1.165, 1.54) is 6.07 Å². The van der Waals surface area contributed by atoms with Gasteiger partial charge in [-0.15, -0.1) is 0 Å².